The Labute approximate surface area is 205 Å². The van der Waals surface area contributed by atoms with Gasteiger partial charge in [-0.3, -0.25) is 9.89 Å². The van der Waals surface area contributed by atoms with Gasteiger partial charge in [-0.25, -0.2) is 4.98 Å². The molecule has 1 aromatic heterocycles. The van der Waals surface area contributed by atoms with Gasteiger partial charge in [-0.1, -0.05) is 12.1 Å². The minimum absolute atomic E-state index is 0. The van der Waals surface area contributed by atoms with Crippen LogP contribution in [0.1, 0.15) is 23.5 Å². The van der Waals surface area contributed by atoms with Crippen LogP contribution in [0, 0.1) is 12.8 Å². The average molecular weight is 558 g/mol. The van der Waals surface area contributed by atoms with Crippen LogP contribution in [0.15, 0.2) is 34.6 Å². The molecule has 2 aliphatic rings. The Kier molecular flexibility index (Phi) is 9.21. The summed E-state index contributed by atoms with van der Waals surface area (Å²) in [6, 6.07) is 7.79. The van der Waals surface area contributed by atoms with Crippen LogP contribution in [0.5, 0.6) is 11.5 Å². The first kappa shape index (κ1) is 24.1. The van der Waals surface area contributed by atoms with E-state index in [2.05, 4.69) is 37.8 Å². The van der Waals surface area contributed by atoms with Crippen LogP contribution in [0.4, 0.5) is 0 Å². The fourth-order valence-electron chi connectivity index (χ4n) is 3.89. The molecule has 0 saturated carbocycles. The molecule has 0 aliphatic carbocycles. The molecule has 2 N–H and O–H groups in total. The number of nitrogens with zero attached hydrogens (tertiary/aromatic N) is 3. The Morgan fingerprint density at radius 2 is 1.94 bits per heavy atom. The van der Waals surface area contributed by atoms with Crippen LogP contribution in [0.3, 0.4) is 0 Å². The number of benzene rings is 1. The minimum Gasteiger partial charge on any atom is -0.486 e. The van der Waals surface area contributed by atoms with Crippen LogP contribution in [0.25, 0.3) is 0 Å². The van der Waals surface area contributed by atoms with Crippen LogP contribution < -0.4 is 20.1 Å². The van der Waals surface area contributed by atoms with Crippen molar-refractivity contribution in [2.45, 2.75) is 32.4 Å². The molecule has 1 aromatic carbocycles. The predicted molar refractivity (Wildman–Crippen MR) is 136 cm³/mol. The lowest BCUT2D eigenvalue weighted by atomic mass is 9.97. The normalized spacial score (nSPS) is 19.5. The summed E-state index contributed by atoms with van der Waals surface area (Å²) in [5.74, 6) is 3.10. The zero-order valence-corrected chi connectivity index (χ0v) is 21.3. The molecule has 2 aromatic rings. The van der Waals surface area contributed by atoms with Gasteiger partial charge in [-0.05, 0) is 50.9 Å². The summed E-state index contributed by atoms with van der Waals surface area (Å²) in [6.45, 7) is 7.43. The molecule has 170 valence electrons. The third-order valence-corrected chi connectivity index (χ3v) is 6.43. The number of aromatic nitrogens is 1. The topological polar surface area (TPSA) is 71.0 Å². The van der Waals surface area contributed by atoms with Crippen LogP contribution in [-0.2, 0) is 6.54 Å². The Bertz CT molecular complexity index is 854. The Morgan fingerprint density at radius 3 is 2.65 bits per heavy atom. The van der Waals surface area contributed by atoms with E-state index in [0.717, 1.165) is 48.6 Å². The number of nitrogens with one attached hydrogen (secondary N) is 2. The number of rotatable bonds is 6. The molecule has 0 radical (unpaired) electrons. The molecule has 7 nitrogen and oxygen atoms in total. The highest BCUT2D eigenvalue weighted by Gasteiger charge is 2.22. The maximum Gasteiger partial charge on any atom is 0.191 e. The molecule has 9 heteroatoms. The second-order valence-corrected chi connectivity index (χ2v) is 8.97. The number of ether oxygens (including phenoxy) is 2. The maximum absolute atomic E-state index is 6.00. The van der Waals surface area contributed by atoms with E-state index < -0.39 is 0 Å². The average Bonchev–Trinajstić information content (AvgIpc) is 3.19. The summed E-state index contributed by atoms with van der Waals surface area (Å²) in [7, 11) is 1.81. The van der Waals surface area contributed by atoms with Crippen molar-refractivity contribution in [1.29, 1.82) is 0 Å². The van der Waals surface area contributed by atoms with E-state index in [1.165, 1.54) is 18.5 Å². The molecule has 1 atom stereocenters. The van der Waals surface area contributed by atoms with Gasteiger partial charge < -0.3 is 20.1 Å². The number of hydrogen-bond donors (Lipinski definition) is 2. The Hall–Kier alpha value is -1.59. The van der Waals surface area contributed by atoms with Gasteiger partial charge in [0.2, 0.25) is 0 Å². The van der Waals surface area contributed by atoms with Crippen molar-refractivity contribution >= 4 is 41.3 Å². The van der Waals surface area contributed by atoms with Crippen LogP contribution >= 0.6 is 35.3 Å². The van der Waals surface area contributed by atoms with E-state index in [0.29, 0.717) is 19.1 Å². The van der Waals surface area contributed by atoms with E-state index >= 15 is 0 Å². The number of hydrogen-bond acceptors (Lipinski definition) is 6. The van der Waals surface area contributed by atoms with Gasteiger partial charge in [0.15, 0.2) is 17.5 Å². The monoisotopic (exact) mass is 557 g/mol. The molecule has 4 rings (SSSR count). The van der Waals surface area contributed by atoms with Crippen molar-refractivity contribution in [2.75, 3.05) is 39.8 Å². The van der Waals surface area contributed by atoms with Gasteiger partial charge >= 0.3 is 0 Å². The predicted octanol–water partition coefficient (Wildman–Crippen LogP) is 3.29. The SMILES string of the molecule is CN=C(NCC1CCN(Cc2csc(C)n2)CC1)NCC1COc2ccccc2O1.I. The molecule has 1 unspecified atom stereocenters. The smallest absolute Gasteiger partial charge is 0.191 e. The lowest BCUT2D eigenvalue weighted by Crippen LogP contribution is -2.47. The zero-order chi connectivity index (χ0) is 20.8. The molecule has 0 spiro atoms. The van der Waals surface area contributed by atoms with Crippen LogP contribution in [0.2, 0.25) is 0 Å². The minimum atomic E-state index is -0.0314. The molecular formula is C22H32IN5O2S. The van der Waals surface area contributed by atoms with Gasteiger partial charge in [0.25, 0.3) is 0 Å². The summed E-state index contributed by atoms with van der Waals surface area (Å²) in [5, 5.41) is 10.2. The molecule has 3 heterocycles. The Balaban J connectivity index is 0.00000272. The molecule has 1 fully saturated rings. The van der Waals surface area contributed by atoms with Gasteiger partial charge in [-0.15, -0.1) is 35.3 Å². The highest BCUT2D eigenvalue weighted by molar-refractivity contribution is 14.0. The number of aliphatic imine (C=N–C) groups is 1. The van der Waals surface area contributed by atoms with E-state index in [4.69, 9.17) is 9.47 Å². The van der Waals surface area contributed by atoms with Crippen molar-refractivity contribution in [3.05, 3.63) is 40.3 Å². The van der Waals surface area contributed by atoms with Crippen molar-refractivity contribution in [2.24, 2.45) is 10.9 Å². The highest BCUT2D eigenvalue weighted by atomic mass is 127. The Morgan fingerprint density at radius 1 is 1.19 bits per heavy atom. The number of halogens is 1. The fraction of sp³-hybridized carbons (Fsp3) is 0.545. The number of fused-ring (bicyclic) bond motifs is 1. The molecule has 0 amide bonds. The first-order chi connectivity index (χ1) is 14.7. The summed E-state index contributed by atoms with van der Waals surface area (Å²) < 4.78 is 11.8. The van der Waals surface area contributed by atoms with E-state index in [1.807, 2.05) is 24.3 Å². The number of para-hydroxylation sites is 2. The van der Waals surface area contributed by atoms with Gasteiger partial charge in [0, 0.05) is 25.5 Å². The van der Waals surface area contributed by atoms with Crippen molar-refractivity contribution in [3.8, 4) is 11.5 Å². The van der Waals surface area contributed by atoms with Crippen molar-refractivity contribution in [1.82, 2.24) is 20.5 Å². The summed E-state index contributed by atoms with van der Waals surface area (Å²) >= 11 is 1.73. The molecular weight excluding hydrogens is 525 g/mol. The third kappa shape index (κ3) is 6.95. The fourth-order valence-corrected chi connectivity index (χ4v) is 4.50. The van der Waals surface area contributed by atoms with Crippen molar-refractivity contribution < 1.29 is 9.47 Å². The van der Waals surface area contributed by atoms with Gasteiger partial charge in [0.05, 0.1) is 17.2 Å². The number of aryl methyl sites for hydroxylation is 1. The molecule has 31 heavy (non-hydrogen) atoms. The molecule has 0 bridgehead atoms. The molecule has 1 saturated heterocycles. The standard InChI is InChI=1S/C22H31N5O2S.HI/c1-16-26-18(15-30-16)13-27-9-7-17(8-10-27)11-24-22(23-2)25-12-19-14-28-20-5-3-4-6-21(20)29-19;/h3-6,15,17,19H,7-14H2,1-2H3,(H2,23,24,25);1H. The largest absolute Gasteiger partial charge is 0.486 e. The van der Waals surface area contributed by atoms with Crippen molar-refractivity contribution in [3.63, 3.8) is 0 Å². The maximum atomic E-state index is 6.00. The number of piperidine rings is 1. The van der Waals surface area contributed by atoms with Crippen LogP contribution in [-0.4, -0.2) is 61.8 Å². The third-order valence-electron chi connectivity index (χ3n) is 5.61. The second-order valence-electron chi connectivity index (χ2n) is 7.91. The van der Waals surface area contributed by atoms with E-state index in [1.54, 1.807) is 18.4 Å². The lowest BCUT2D eigenvalue weighted by molar-refractivity contribution is 0.0935. The zero-order valence-electron chi connectivity index (χ0n) is 18.2. The summed E-state index contributed by atoms with van der Waals surface area (Å²) in [6.07, 6.45) is 2.36. The van der Waals surface area contributed by atoms with E-state index in [9.17, 15) is 0 Å². The molecule has 2 aliphatic heterocycles. The highest BCUT2D eigenvalue weighted by Crippen LogP contribution is 2.30. The number of thiazole rings is 1. The second kappa shape index (κ2) is 11.9. The summed E-state index contributed by atoms with van der Waals surface area (Å²) in [5.41, 5.74) is 1.20. The summed E-state index contributed by atoms with van der Waals surface area (Å²) in [4.78, 5) is 11.5. The first-order valence-corrected chi connectivity index (χ1v) is 11.5. The first-order valence-electron chi connectivity index (χ1n) is 10.7. The van der Waals surface area contributed by atoms with Gasteiger partial charge in [0.1, 0.15) is 12.7 Å². The quantitative estimate of drug-likeness (QED) is 0.323. The van der Waals surface area contributed by atoms with Gasteiger partial charge in [-0.2, -0.15) is 0 Å². The number of likely N-dealkylation sites (tertiary alicyclic amines) is 1. The van der Waals surface area contributed by atoms with E-state index in [-0.39, 0.29) is 30.1 Å². The lowest BCUT2D eigenvalue weighted by Gasteiger charge is -2.32. The number of guanidine groups is 1.